The first-order valence-corrected chi connectivity index (χ1v) is 9.55. The quantitative estimate of drug-likeness (QED) is 0.741. The Hall–Kier alpha value is -3.22. The number of hydrogen-bond acceptors (Lipinski definition) is 5. The van der Waals surface area contributed by atoms with Crippen molar-refractivity contribution in [1.82, 2.24) is 25.1 Å². The van der Waals surface area contributed by atoms with Crippen LogP contribution in [0.3, 0.4) is 0 Å². The van der Waals surface area contributed by atoms with Gasteiger partial charge in [-0.2, -0.15) is 5.10 Å². The third kappa shape index (κ3) is 4.03. The van der Waals surface area contributed by atoms with Crippen LogP contribution in [0, 0.1) is 6.92 Å². The standard InChI is InChI=1S/C21H24N6O/c1-15-10-19(25-21(24-15)27-8-3-4-9-27)17-6-5-7-18(11-17)20(28)22-12-16-13-23-26(2)14-16/h5-7,10-11,13-14H,3-4,8-9,12H2,1-2H3,(H,22,28). The molecule has 0 spiro atoms. The molecule has 7 heteroatoms. The van der Waals surface area contributed by atoms with Crippen LogP contribution in [0.4, 0.5) is 5.95 Å². The van der Waals surface area contributed by atoms with Crippen molar-refractivity contribution < 1.29 is 4.79 Å². The molecule has 3 aromatic rings. The van der Waals surface area contributed by atoms with Crippen molar-refractivity contribution in [2.24, 2.45) is 7.05 Å². The van der Waals surface area contributed by atoms with Crippen LogP contribution in [0.15, 0.2) is 42.7 Å². The summed E-state index contributed by atoms with van der Waals surface area (Å²) in [5.41, 5.74) is 4.27. The predicted octanol–water partition coefficient (Wildman–Crippen LogP) is 2.72. The Labute approximate surface area is 164 Å². The van der Waals surface area contributed by atoms with E-state index < -0.39 is 0 Å². The lowest BCUT2D eigenvalue weighted by Gasteiger charge is -2.16. The molecule has 1 N–H and O–H groups in total. The molecule has 28 heavy (non-hydrogen) atoms. The van der Waals surface area contributed by atoms with E-state index in [9.17, 15) is 4.79 Å². The lowest BCUT2D eigenvalue weighted by Crippen LogP contribution is -2.22. The van der Waals surface area contributed by atoms with Gasteiger partial charge < -0.3 is 10.2 Å². The fourth-order valence-electron chi connectivity index (χ4n) is 3.43. The number of anilines is 1. The van der Waals surface area contributed by atoms with E-state index in [1.165, 1.54) is 12.8 Å². The molecule has 0 atom stereocenters. The summed E-state index contributed by atoms with van der Waals surface area (Å²) in [6, 6.07) is 9.53. The van der Waals surface area contributed by atoms with Crippen molar-refractivity contribution in [3.63, 3.8) is 0 Å². The van der Waals surface area contributed by atoms with Gasteiger partial charge in [0, 0.05) is 55.3 Å². The van der Waals surface area contributed by atoms with Gasteiger partial charge in [0.15, 0.2) is 0 Å². The van der Waals surface area contributed by atoms with Gasteiger partial charge in [-0.15, -0.1) is 0 Å². The number of nitrogens with zero attached hydrogens (tertiary/aromatic N) is 5. The van der Waals surface area contributed by atoms with Crippen LogP contribution in [0.1, 0.15) is 34.5 Å². The van der Waals surface area contributed by atoms with Gasteiger partial charge in [-0.3, -0.25) is 9.48 Å². The van der Waals surface area contributed by atoms with E-state index in [-0.39, 0.29) is 5.91 Å². The van der Waals surface area contributed by atoms with Gasteiger partial charge in [0.25, 0.3) is 5.91 Å². The van der Waals surface area contributed by atoms with E-state index in [4.69, 9.17) is 4.98 Å². The second kappa shape index (κ2) is 7.80. The minimum Gasteiger partial charge on any atom is -0.348 e. The fourth-order valence-corrected chi connectivity index (χ4v) is 3.43. The highest BCUT2D eigenvalue weighted by Crippen LogP contribution is 2.23. The van der Waals surface area contributed by atoms with E-state index in [0.29, 0.717) is 12.1 Å². The molecule has 144 valence electrons. The summed E-state index contributed by atoms with van der Waals surface area (Å²) in [6.45, 7) is 4.43. The zero-order valence-corrected chi connectivity index (χ0v) is 16.2. The molecule has 1 aliphatic rings. The van der Waals surface area contributed by atoms with E-state index in [2.05, 4.69) is 20.3 Å². The van der Waals surface area contributed by atoms with Gasteiger partial charge in [0.2, 0.25) is 5.95 Å². The van der Waals surface area contributed by atoms with Gasteiger partial charge >= 0.3 is 0 Å². The van der Waals surface area contributed by atoms with Crippen LogP contribution in [-0.2, 0) is 13.6 Å². The summed E-state index contributed by atoms with van der Waals surface area (Å²) in [6.07, 6.45) is 6.00. The highest BCUT2D eigenvalue weighted by atomic mass is 16.1. The number of benzene rings is 1. The molecule has 0 bridgehead atoms. The first-order chi connectivity index (χ1) is 13.6. The molecule has 1 aromatic carbocycles. The molecule has 7 nitrogen and oxygen atoms in total. The summed E-state index contributed by atoms with van der Waals surface area (Å²) < 4.78 is 1.72. The summed E-state index contributed by atoms with van der Waals surface area (Å²) in [5.74, 6) is 0.662. The van der Waals surface area contributed by atoms with E-state index in [1.807, 2.05) is 50.5 Å². The van der Waals surface area contributed by atoms with Gasteiger partial charge in [0.1, 0.15) is 0 Å². The van der Waals surface area contributed by atoms with E-state index >= 15 is 0 Å². The second-order valence-electron chi connectivity index (χ2n) is 7.17. The molecule has 1 amide bonds. The Kier molecular flexibility index (Phi) is 5.06. The molecule has 1 aliphatic heterocycles. The molecular formula is C21H24N6O. The molecule has 0 unspecified atom stereocenters. The van der Waals surface area contributed by atoms with E-state index in [0.717, 1.165) is 41.6 Å². The molecule has 0 saturated carbocycles. The van der Waals surface area contributed by atoms with Crippen LogP contribution in [0.2, 0.25) is 0 Å². The Morgan fingerprint density at radius 3 is 2.75 bits per heavy atom. The normalized spacial score (nSPS) is 13.7. The van der Waals surface area contributed by atoms with E-state index in [1.54, 1.807) is 10.9 Å². The number of nitrogens with one attached hydrogen (secondary N) is 1. The molecule has 1 fully saturated rings. The topological polar surface area (TPSA) is 75.9 Å². The monoisotopic (exact) mass is 376 g/mol. The highest BCUT2D eigenvalue weighted by Gasteiger charge is 2.17. The van der Waals surface area contributed by atoms with Crippen LogP contribution in [-0.4, -0.2) is 38.7 Å². The van der Waals surface area contributed by atoms with Gasteiger partial charge in [-0.25, -0.2) is 9.97 Å². The number of aryl methyl sites for hydroxylation is 2. The molecule has 4 rings (SSSR count). The minimum absolute atomic E-state index is 0.115. The lowest BCUT2D eigenvalue weighted by molar-refractivity contribution is 0.0951. The van der Waals surface area contributed by atoms with Crippen molar-refractivity contribution in [2.45, 2.75) is 26.3 Å². The Bertz CT molecular complexity index is 990. The maximum Gasteiger partial charge on any atom is 0.251 e. The fraction of sp³-hybridized carbons (Fsp3) is 0.333. The largest absolute Gasteiger partial charge is 0.348 e. The molecule has 0 radical (unpaired) electrons. The van der Waals surface area contributed by atoms with Crippen LogP contribution in [0.25, 0.3) is 11.3 Å². The van der Waals surface area contributed by atoms with Crippen LogP contribution >= 0.6 is 0 Å². The number of carbonyl (C=O) groups is 1. The van der Waals surface area contributed by atoms with Gasteiger partial charge in [-0.1, -0.05) is 12.1 Å². The number of hydrogen-bond donors (Lipinski definition) is 1. The minimum atomic E-state index is -0.115. The van der Waals surface area contributed by atoms with Crippen molar-refractivity contribution in [1.29, 1.82) is 0 Å². The molecule has 1 saturated heterocycles. The predicted molar refractivity (Wildman–Crippen MR) is 108 cm³/mol. The van der Waals surface area contributed by atoms with Crippen molar-refractivity contribution >= 4 is 11.9 Å². The van der Waals surface area contributed by atoms with Crippen LogP contribution in [0.5, 0.6) is 0 Å². The van der Waals surface area contributed by atoms with Crippen LogP contribution < -0.4 is 10.2 Å². The third-order valence-corrected chi connectivity index (χ3v) is 4.86. The second-order valence-corrected chi connectivity index (χ2v) is 7.17. The average Bonchev–Trinajstić information content (AvgIpc) is 3.37. The molecular weight excluding hydrogens is 352 g/mol. The maximum absolute atomic E-state index is 12.6. The van der Waals surface area contributed by atoms with Crippen molar-refractivity contribution in [3.8, 4) is 11.3 Å². The number of aromatic nitrogens is 4. The first kappa shape index (κ1) is 18.2. The Balaban J connectivity index is 1.54. The number of rotatable bonds is 5. The smallest absolute Gasteiger partial charge is 0.251 e. The zero-order chi connectivity index (χ0) is 19.5. The lowest BCUT2D eigenvalue weighted by atomic mass is 10.1. The summed E-state index contributed by atoms with van der Waals surface area (Å²) in [4.78, 5) is 24.1. The highest BCUT2D eigenvalue weighted by molar-refractivity contribution is 5.95. The number of carbonyl (C=O) groups excluding carboxylic acids is 1. The summed E-state index contributed by atoms with van der Waals surface area (Å²) in [7, 11) is 1.86. The maximum atomic E-state index is 12.6. The van der Waals surface area contributed by atoms with Crippen molar-refractivity contribution in [3.05, 3.63) is 59.5 Å². The Morgan fingerprint density at radius 1 is 1.18 bits per heavy atom. The Morgan fingerprint density at radius 2 is 2.00 bits per heavy atom. The average molecular weight is 376 g/mol. The van der Waals surface area contributed by atoms with Gasteiger partial charge in [0.05, 0.1) is 11.9 Å². The molecule has 0 aliphatic carbocycles. The number of amides is 1. The summed E-state index contributed by atoms with van der Waals surface area (Å²) >= 11 is 0. The molecule has 3 heterocycles. The molecule has 2 aromatic heterocycles. The zero-order valence-electron chi connectivity index (χ0n) is 16.2. The van der Waals surface area contributed by atoms with Crippen molar-refractivity contribution in [2.75, 3.05) is 18.0 Å². The first-order valence-electron chi connectivity index (χ1n) is 9.55. The van der Waals surface area contributed by atoms with Gasteiger partial charge in [-0.05, 0) is 38.0 Å². The summed E-state index contributed by atoms with van der Waals surface area (Å²) in [5, 5.41) is 7.06. The third-order valence-electron chi connectivity index (χ3n) is 4.86. The SMILES string of the molecule is Cc1cc(-c2cccc(C(=O)NCc3cnn(C)c3)c2)nc(N2CCCC2)n1.